The zero-order valence-corrected chi connectivity index (χ0v) is 17.3. The molecule has 9 nitrogen and oxygen atoms in total. The molecule has 2 aromatic heterocycles. The zero-order chi connectivity index (χ0) is 22.5. The maximum Gasteiger partial charge on any atom is 0.252 e. The number of hydrogen-bond donors (Lipinski definition) is 1. The van der Waals surface area contributed by atoms with Crippen LogP contribution in [0, 0.1) is 17.1 Å². The molecule has 1 aliphatic rings. The van der Waals surface area contributed by atoms with Crippen LogP contribution in [0.3, 0.4) is 0 Å². The molecule has 31 heavy (non-hydrogen) atoms. The van der Waals surface area contributed by atoms with Crippen LogP contribution < -0.4 is 10.6 Å². The maximum absolute atomic E-state index is 14.8. The Kier molecular flexibility index (Phi) is 4.61. The van der Waals surface area contributed by atoms with Gasteiger partial charge in [0.05, 0.1) is 16.9 Å². The highest BCUT2D eigenvalue weighted by Gasteiger charge is 2.44. The third kappa shape index (κ3) is 3.06. The first-order valence-corrected chi connectivity index (χ1v) is 9.59. The molecule has 4 rings (SSSR count). The number of rotatable bonds is 2. The van der Waals surface area contributed by atoms with E-state index in [-0.39, 0.29) is 42.0 Å². The van der Waals surface area contributed by atoms with Crippen molar-refractivity contribution < 1.29 is 14.0 Å². The Morgan fingerprint density at radius 3 is 2.71 bits per heavy atom. The van der Waals surface area contributed by atoms with Gasteiger partial charge in [0.25, 0.3) is 5.91 Å². The summed E-state index contributed by atoms with van der Waals surface area (Å²) in [6.07, 6.45) is 1.27. The number of amides is 2. The van der Waals surface area contributed by atoms with E-state index in [0.717, 1.165) is 0 Å². The molecule has 0 aliphatic carbocycles. The first-order valence-electron chi connectivity index (χ1n) is 9.59. The molecule has 0 spiro atoms. The van der Waals surface area contributed by atoms with Crippen LogP contribution in [0.5, 0.6) is 0 Å². The number of nitriles is 1. The fraction of sp³-hybridized carbons (Fsp3) is 0.286. The lowest BCUT2D eigenvalue weighted by atomic mass is 9.96. The van der Waals surface area contributed by atoms with Crippen molar-refractivity contribution in [1.82, 2.24) is 19.5 Å². The van der Waals surface area contributed by atoms with Gasteiger partial charge in [-0.2, -0.15) is 10.4 Å². The molecule has 0 radical (unpaired) electrons. The number of benzene rings is 1. The van der Waals surface area contributed by atoms with Crippen LogP contribution in [-0.4, -0.2) is 49.9 Å². The van der Waals surface area contributed by atoms with Crippen molar-refractivity contribution in [3.63, 3.8) is 0 Å². The van der Waals surface area contributed by atoms with Crippen molar-refractivity contribution in [3.05, 3.63) is 42.0 Å². The maximum atomic E-state index is 14.8. The normalized spacial score (nSPS) is 15.9. The molecule has 2 amide bonds. The second-order valence-corrected chi connectivity index (χ2v) is 7.81. The molecular formula is C21H20FN7O2. The number of halogens is 1. The van der Waals surface area contributed by atoms with E-state index in [1.165, 1.54) is 39.7 Å². The average molecular weight is 421 g/mol. The summed E-state index contributed by atoms with van der Waals surface area (Å²) >= 11 is 0. The van der Waals surface area contributed by atoms with E-state index >= 15 is 0 Å². The largest absolute Gasteiger partial charge is 0.382 e. The Morgan fingerprint density at radius 1 is 1.29 bits per heavy atom. The van der Waals surface area contributed by atoms with E-state index in [9.17, 15) is 19.2 Å². The molecular weight excluding hydrogens is 401 g/mol. The topological polar surface area (TPSA) is 121 Å². The third-order valence-electron chi connectivity index (χ3n) is 5.61. The SMILES string of the molecule is CC(=O)N1CCN(c2cc(-c3cc(C#N)c4c(N)ncnn34)ccc2F)C(=O)C1(C)C. The molecule has 1 aliphatic heterocycles. The number of nitrogens with two attached hydrogens (primary N) is 1. The standard InChI is InChI=1S/C21H20FN7O2/c1-12(30)28-7-6-27(20(31)21(28,2)3)17-8-13(4-5-15(17)22)16-9-14(10-23)18-19(24)25-11-26-29(16)18/h4-5,8-9,11H,6-7H2,1-3H3,(H2,24,25,26). The molecule has 0 bridgehead atoms. The minimum Gasteiger partial charge on any atom is -0.382 e. The van der Waals surface area contributed by atoms with Gasteiger partial charge < -0.3 is 15.5 Å². The predicted octanol–water partition coefficient (Wildman–Crippen LogP) is 1.96. The number of carbonyl (C=O) groups is 2. The van der Waals surface area contributed by atoms with Gasteiger partial charge in [0.15, 0.2) is 5.82 Å². The fourth-order valence-corrected chi connectivity index (χ4v) is 4.05. The molecule has 3 aromatic rings. The molecule has 1 fully saturated rings. The predicted molar refractivity (Wildman–Crippen MR) is 111 cm³/mol. The van der Waals surface area contributed by atoms with Crippen LogP contribution in [0.1, 0.15) is 26.3 Å². The Bertz CT molecular complexity index is 1270. The molecule has 0 atom stereocenters. The summed E-state index contributed by atoms with van der Waals surface area (Å²) in [5.74, 6) is -1.01. The van der Waals surface area contributed by atoms with Crippen LogP contribution >= 0.6 is 0 Å². The Labute approximate surface area is 177 Å². The van der Waals surface area contributed by atoms with Crippen molar-refractivity contribution in [2.75, 3.05) is 23.7 Å². The highest BCUT2D eigenvalue weighted by molar-refractivity contribution is 6.03. The minimum atomic E-state index is -1.11. The third-order valence-corrected chi connectivity index (χ3v) is 5.61. The first kappa shape index (κ1) is 20.3. The average Bonchev–Trinajstić information content (AvgIpc) is 3.10. The van der Waals surface area contributed by atoms with Crippen molar-refractivity contribution >= 4 is 28.8 Å². The number of carbonyl (C=O) groups excluding carboxylic acids is 2. The van der Waals surface area contributed by atoms with Gasteiger partial charge in [-0.05, 0) is 38.1 Å². The first-order chi connectivity index (χ1) is 14.7. The van der Waals surface area contributed by atoms with Gasteiger partial charge in [-0.3, -0.25) is 9.59 Å². The Hall–Kier alpha value is -4.00. The van der Waals surface area contributed by atoms with Crippen molar-refractivity contribution in [2.45, 2.75) is 26.3 Å². The highest BCUT2D eigenvalue weighted by atomic mass is 19.1. The second kappa shape index (κ2) is 7.05. The second-order valence-electron chi connectivity index (χ2n) is 7.81. The van der Waals surface area contributed by atoms with Crippen molar-refractivity contribution in [1.29, 1.82) is 5.26 Å². The quantitative estimate of drug-likeness (QED) is 0.675. The number of nitrogen functional groups attached to an aromatic ring is 1. The fourth-order valence-electron chi connectivity index (χ4n) is 4.05. The van der Waals surface area contributed by atoms with Crippen LogP contribution in [0.15, 0.2) is 30.6 Å². The monoisotopic (exact) mass is 421 g/mol. The lowest BCUT2D eigenvalue weighted by molar-refractivity contribution is -0.145. The number of aromatic nitrogens is 3. The van der Waals surface area contributed by atoms with Gasteiger partial charge in [-0.1, -0.05) is 0 Å². The summed E-state index contributed by atoms with van der Waals surface area (Å²) in [6.45, 7) is 5.14. The van der Waals surface area contributed by atoms with Gasteiger partial charge in [0, 0.05) is 25.6 Å². The van der Waals surface area contributed by atoms with Crippen molar-refractivity contribution in [3.8, 4) is 17.3 Å². The highest BCUT2D eigenvalue weighted by Crippen LogP contribution is 2.34. The summed E-state index contributed by atoms with van der Waals surface area (Å²) < 4.78 is 16.3. The molecule has 0 saturated carbocycles. The summed E-state index contributed by atoms with van der Waals surface area (Å²) in [6, 6.07) is 8.00. The minimum absolute atomic E-state index is 0.0919. The summed E-state index contributed by atoms with van der Waals surface area (Å²) in [5, 5.41) is 13.6. The van der Waals surface area contributed by atoms with Gasteiger partial charge >= 0.3 is 0 Å². The summed E-state index contributed by atoms with van der Waals surface area (Å²) in [5.41, 5.74) is 6.60. The number of hydrogen-bond acceptors (Lipinski definition) is 6. The molecule has 3 heterocycles. The summed E-state index contributed by atoms with van der Waals surface area (Å²) in [7, 11) is 0. The Morgan fingerprint density at radius 2 is 2.03 bits per heavy atom. The van der Waals surface area contributed by atoms with Gasteiger partial charge in [-0.25, -0.2) is 13.9 Å². The van der Waals surface area contributed by atoms with E-state index in [1.807, 2.05) is 0 Å². The van der Waals surface area contributed by atoms with Crippen molar-refractivity contribution in [2.24, 2.45) is 0 Å². The number of fused-ring (bicyclic) bond motifs is 1. The number of nitrogens with zero attached hydrogens (tertiary/aromatic N) is 6. The van der Waals surface area contributed by atoms with E-state index in [2.05, 4.69) is 16.2 Å². The molecule has 10 heteroatoms. The summed E-state index contributed by atoms with van der Waals surface area (Å²) in [4.78, 5) is 31.8. The van der Waals surface area contributed by atoms with E-state index in [1.54, 1.807) is 26.0 Å². The van der Waals surface area contributed by atoms with Crippen LogP contribution in [0.4, 0.5) is 15.9 Å². The molecule has 1 saturated heterocycles. The van der Waals surface area contributed by atoms with Gasteiger partial charge in [-0.15, -0.1) is 0 Å². The zero-order valence-electron chi connectivity index (χ0n) is 17.3. The van der Waals surface area contributed by atoms with E-state index < -0.39 is 11.4 Å². The number of piperazine rings is 1. The van der Waals surface area contributed by atoms with Crippen LogP contribution in [0.25, 0.3) is 16.8 Å². The molecule has 1 aromatic carbocycles. The Balaban J connectivity index is 1.82. The van der Waals surface area contributed by atoms with Crippen LogP contribution in [0.2, 0.25) is 0 Å². The lowest BCUT2D eigenvalue weighted by Crippen LogP contribution is -2.64. The molecule has 158 valence electrons. The van der Waals surface area contributed by atoms with E-state index in [0.29, 0.717) is 16.8 Å². The molecule has 0 unspecified atom stereocenters. The molecule has 2 N–H and O–H groups in total. The van der Waals surface area contributed by atoms with Crippen LogP contribution in [-0.2, 0) is 9.59 Å². The van der Waals surface area contributed by atoms with Gasteiger partial charge in [0.2, 0.25) is 5.91 Å². The van der Waals surface area contributed by atoms with Gasteiger partial charge in [0.1, 0.15) is 29.3 Å². The smallest absolute Gasteiger partial charge is 0.252 e. The number of anilines is 2. The van der Waals surface area contributed by atoms with E-state index in [4.69, 9.17) is 5.73 Å². The lowest BCUT2D eigenvalue weighted by Gasteiger charge is -2.45.